The Hall–Kier alpha value is -2.11. The summed E-state index contributed by atoms with van der Waals surface area (Å²) in [6.45, 7) is 4.18. The number of hydrogen-bond acceptors (Lipinski definition) is 3. The van der Waals surface area contributed by atoms with Crippen LogP contribution in [0, 0.1) is 0 Å². The lowest BCUT2D eigenvalue weighted by Crippen LogP contribution is -2.50. The Balaban J connectivity index is 2.98. The zero-order valence-electron chi connectivity index (χ0n) is 10.8. The third-order valence-corrected chi connectivity index (χ3v) is 2.60. The summed E-state index contributed by atoms with van der Waals surface area (Å²) in [5.41, 5.74) is -0.706. The number of carboxylic acid groups (broad SMARTS) is 1. The molecule has 1 rings (SSSR count). The van der Waals surface area contributed by atoms with Gasteiger partial charge in [0.05, 0.1) is 0 Å². The van der Waals surface area contributed by atoms with E-state index in [1.165, 1.54) is 37.6 Å². The molecule has 1 aromatic rings. The molecule has 18 heavy (non-hydrogen) atoms. The molecule has 0 fully saturated rings. The summed E-state index contributed by atoms with van der Waals surface area (Å²) in [5.74, 6) is -1.81. The highest BCUT2D eigenvalue weighted by Gasteiger charge is 2.30. The summed E-state index contributed by atoms with van der Waals surface area (Å²) in [7, 11) is 1.62. The Kier molecular flexibility index (Phi) is 3.59. The molecular formula is C12H16N2O4. The van der Waals surface area contributed by atoms with Gasteiger partial charge in [-0.15, -0.1) is 0 Å². The lowest BCUT2D eigenvalue weighted by Gasteiger charge is -2.20. The smallest absolute Gasteiger partial charge is 0.328 e. The number of carbonyl (C=O) groups is 3. The van der Waals surface area contributed by atoms with Crippen LogP contribution in [-0.4, -0.2) is 32.9 Å². The van der Waals surface area contributed by atoms with E-state index in [1.54, 1.807) is 7.05 Å². The standard InChI is InChI=1S/C12H16N2O4/c1-7(15)8-5-9(14(4)6-8)10(16)13-12(2,3)11(17)18/h5-6H,1-4H3,(H,13,16)(H,17,18). The van der Waals surface area contributed by atoms with Crippen molar-refractivity contribution in [3.63, 3.8) is 0 Å². The molecule has 0 saturated carbocycles. The summed E-state index contributed by atoms with van der Waals surface area (Å²) in [6, 6.07) is 1.44. The van der Waals surface area contributed by atoms with Crippen LogP contribution in [0.5, 0.6) is 0 Å². The molecular weight excluding hydrogens is 236 g/mol. The third-order valence-electron chi connectivity index (χ3n) is 2.60. The van der Waals surface area contributed by atoms with Gasteiger partial charge in [0.2, 0.25) is 0 Å². The van der Waals surface area contributed by atoms with Gasteiger partial charge in [-0.1, -0.05) is 0 Å². The van der Waals surface area contributed by atoms with Gasteiger partial charge in [-0.25, -0.2) is 4.79 Å². The number of ketones is 1. The number of aryl methyl sites for hydroxylation is 1. The van der Waals surface area contributed by atoms with Gasteiger partial charge in [0.15, 0.2) is 5.78 Å². The van der Waals surface area contributed by atoms with Gasteiger partial charge in [-0.2, -0.15) is 0 Å². The highest BCUT2D eigenvalue weighted by atomic mass is 16.4. The lowest BCUT2D eigenvalue weighted by atomic mass is 10.1. The summed E-state index contributed by atoms with van der Waals surface area (Å²) in [5, 5.41) is 11.3. The van der Waals surface area contributed by atoms with E-state index in [2.05, 4.69) is 5.32 Å². The quantitative estimate of drug-likeness (QED) is 0.776. The number of aromatic nitrogens is 1. The number of amides is 1. The molecule has 6 nitrogen and oxygen atoms in total. The minimum Gasteiger partial charge on any atom is -0.480 e. The van der Waals surface area contributed by atoms with E-state index >= 15 is 0 Å². The average Bonchev–Trinajstić information content (AvgIpc) is 2.59. The fraction of sp³-hybridized carbons (Fsp3) is 0.417. The van der Waals surface area contributed by atoms with Crippen molar-refractivity contribution in [2.45, 2.75) is 26.3 Å². The molecule has 0 unspecified atom stereocenters. The number of carboxylic acids is 1. The van der Waals surface area contributed by atoms with Crippen LogP contribution in [0.2, 0.25) is 0 Å². The Labute approximate surface area is 105 Å². The summed E-state index contributed by atoms with van der Waals surface area (Å²) in [4.78, 5) is 34.0. The second-order valence-electron chi connectivity index (χ2n) is 4.67. The maximum atomic E-state index is 11.9. The van der Waals surface area contributed by atoms with Crippen LogP contribution in [0.25, 0.3) is 0 Å². The second kappa shape index (κ2) is 4.64. The van der Waals surface area contributed by atoms with E-state index in [0.29, 0.717) is 5.56 Å². The van der Waals surface area contributed by atoms with E-state index in [1.807, 2.05) is 0 Å². The summed E-state index contributed by atoms with van der Waals surface area (Å²) in [6.07, 6.45) is 1.53. The molecule has 0 bridgehead atoms. The average molecular weight is 252 g/mol. The molecule has 0 aromatic carbocycles. The van der Waals surface area contributed by atoms with Crippen molar-refractivity contribution in [3.8, 4) is 0 Å². The first-order chi connectivity index (χ1) is 8.15. The normalized spacial score (nSPS) is 11.1. The minimum absolute atomic E-state index is 0.151. The molecule has 0 spiro atoms. The predicted octanol–water partition coefficient (Wildman–Crippen LogP) is 0.821. The van der Waals surface area contributed by atoms with Crippen molar-refractivity contribution in [1.82, 2.24) is 9.88 Å². The topological polar surface area (TPSA) is 88.4 Å². The molecule has 0 aliphatic heterocycles. The molecule has 0 saturated heterocycles. The van der Waals surface area contributed by atoms with E-state index in [0.717, 1.165) is 0 Å². The van der Waals surface area contributed by atoms with Crippen LogP contribution >= 0.6 is 0 Å². The van der Waals surface area contributed by atoms with Gasteiger partial charge >= 0.3 is 5.97 Å². The molecule has 0 atom stereocenters. The number of aliphatic carboxylic acids is 1. The first-order valence-corrected chi connectivity index (χ1v) is 5.38. The molecule has 1 amide bonds. The monoisotopic (exact) mass is 252 g/mol. The third kappa shape index (κ3) is 2.77. The Morgan fingerprint density at radius 1 is 1.33 bits per heavy atom. The fourth-order valence-electron chi connectivity index (χ4n) is 1.38. The van der Waals surface area contributed by atoms with E-state index < -0.39 is 17.4 Å². The maximum absolute atomic E-state index is 11.9. The fourth-order valence-corrected chi connectivity index (χ4v) is 1.38. The zero-order valence-corrected chi connectivity index (χ0v) is 10.8. The Morgan fingerprint density at radius 3 is 2.28 bits per heavy atom. The van der Waals surface area contributed by atoms with Crippen molar-refractivity contribution < 1.29 is 19.5 Å². The van der Waals surface area contributed by atoms with E-state index in [4.69, 9.17) is 5.11 Å². The number of Topliss-reactive ketones (excluding diaryl/α,β-unsaturated/α-hetero) is 1. The van der Waals surface area contributed by atoms with E-state index in [9.17, 15) is 14.4 Å². The zero-order chi connectivity index (χ0) is 14.1. The van der Waals surface area contributed by atoms with Gasteiger partial charge < -0.3 is 15.0 Å². The van der Waals surface area contributed by atoms with Crippen LogP contribution in [0.1, 0.15) is 41.6 Å². The lowest BCUT2D eigenvalue weighted by molar-refractivity contribution is -0.143. The highest BCUT2D eigenvalue weighted by Crippen LogP contribution is 2.10. The number of rotatable bonds is 4. The van der Waals surface area contributed by atoms with E-state index in [-0.39, 0.29) is 11.5 Å². The molecule has 0 radical (unpaired) electrons. The Morgan fingerprint density at radius 2 is 1.89 bits per heavy atom. The predicted molar refractivity (Wildman–Crippen MR) is 64.6 cm³/mol. The van der Waals surface area contributed by atoms with Gasteiger partial charge in [-0.05, 0) is 26.8 Å². The maximum Gasteiger partial charge on any atom is 0.328 e. The van der Waals surface area contributed by atoms with Crippen molar-refractivity contribution in [2.75, 3.05) is 0 Å². The first-order valence-electron chi connectivity index (χ1n) is 5.38. The van der Waals surface area contributed by atoms with Gasteiger partial charge in [0.1, 0.15) is 11.2 Å². The van der Waals surface area contributed by atoms with Crippen molar-refractivity contribution in [3.05, 3.63) is 23.5 Å². The van der Waals surface area contributed by atoms with Crippen molar-refractivity contribution in [2.24, 2.45) is 7.05 Å². The van der Waals surface area contributed by atoms with Gasteiger partial charge in [-0.3, -0.25) is 9.59 Å². The largest absolute Gasteiger partial charge is 0.480 e. The van der Waals surface area contributed by atoms with Gasteiger partial charge in [0, 0.05) is 18.8 Å². The highest BCUT2D eigenvalue weighted by molar-refractivity contribution is 6.00. The number of nitrogens with zero attached hydrogens (tertiary/aromatic N) is 1. The van der Waals surface area contributed by atoms with Crippen molar-refractivity contribution >= 4 is 17.7 Å². The molecule has 0 aliphatic carbocycles. The Bertz CT molecular complexity index is 514. The van der Waals surface area contributed by atoms with Crippen LogP contribution in [0.4, 0.5) is 0 Å². The van der Waals surface area contributed by atoms with Crippen LogP contribution in [0.3, 0.4) is 0 Å². The number of nitrogens with one attached hydrogen (secondary N) is 1. The SMILES string of the molecule is CC(=O)c1cc(C(=O)NC(C)(C)C(=O)O)n(C)c1. The molecule has 98 valence electrons. The van der Waals surface area contributed by atoms with Crippen molar-refractivity contribution in [1.29, 1.82) is 0 Å². The summed E-state index contributed by atoms with van der Waals surface area (Å²) < 4.78 is 1.49. The minimum atomic E-state index is -1.36. The number of hydrogen-bond donors (Lipinski definition) is 2. The van der Waals surface area contributed by atoms with Crippen LogP contribution < -0.4 is 5.32 Å². The molecule has 6 heteroatoms. The second-order valence-corrected chi connectivity index (χ2v) is 4.67. The van der Waals surface area contributed by atoms with Crippen LogP contribution in [0.15, 0.2) is 12.3 Å². The summed E-state index contributed by atoms with van der Waals surface area (Å²) >= 11 is 0. The molecule has 2 N–H and O–H groups in total. The molecule has 0 aliphatic rings. The molecule has 1 heterocycles. The van der Waals surface area contributed by atoms with Crippen LogP contribution in [-0.2, 0) is 11.8 Å². The first kappa shape index (κ1) is 14.0. The molecule has 1 aromatic heterocycles. The number of carbonyl (C=O) groups excluding carboxylic acids is 2. The van der Waals surface area contributed by atoms with Gasteiger partial charge in [0.25, 0.3) is 5.91 Å².